The Kier molecular flexibility index (Phi) is 11.1. The summed E-state index contributed by atoms with van der Waals surface area (Å²) < 4.78 is 5.14. The van der Waals surface area contributed by atoms with Crippen LogP contribution in [0.4, 0.5) is 0 Å². The molecule has 0 saturated heterocycles. The van der Waals surface area contributed by atoms with E-state index in [1.165, 1.54) is 152 Å². The molecule has 2 nitrogen and oxygen atoms in total. The highest BCUT2D eigenvalue weighted by atomic mass is 32.1. The summed E-state index contributed by atoms with van der Waals surface area (Å²) in [6.45, 7) is 0. The molecule has 0 saturated carbocycles. The summed E-state index contributed by atoms with van der Waals surface area (Å²) in [6, 6.07) is 122. The van der Waals surface area contributed by atoms with E-state index in [4.69, 9.17) is 9.97 Å². The van der Waals surface area contributed by atoms with Gasteiger partial charge < -0.3 is 0 Å². The van der Waals surface area contributed by atoms with Crippen molar-refractivity contribution in [2.75, 3.05) is 0 Å². The van der Waals surface area contributed by atoms with Crippen LogP contribution in [-0.2, 0) is 10.8 Å². The third kappa shape index (κ3) is 7.20. The standard InChI is InChI=1S/C96H54N2S2/c1-9-31-80-64(19-1)65-20-2-10-32-81(65)95(80)84-35-13-5-23-68(84)70-43-39-57(52-86(70)95)55-41-45-74-78(50-55)79-51-56(58-40-44-71-69-24-6-14-36-85(69)96(87(71)53-58)82-33-11-3-21-66(82)67-22-4-12-34-83(67)96)42-46-75(79)92-91(74)97-54-88(98-92)61-48-59(62-27-17-29-76-72-25-7-15-37-89(72)99-93(62)76)47-60(49-61)63-28-18-30-77-73-26-8-16-38-90(73)100-94(63)77/h1-54H. The lowest BCUT2D eigenvalue weighted by Gasteiger charge is -2.30. The molecule has 16 aromatic carbocycles. The molecule has 4 aliphatic carbocycles. The number of aromatic nitrogens is 2. The van der Waals surface area contributed by atoms with Crippen molar-refractivity contribution in [3.63, 3.8) is 0 Å². The van der Waals surface area contributed by atoms with Crippen molar-refractivity contribution < 1.29 is 0 Å². The Balaban J connectivity index is 0.756. The summed E-state index contributed by atoms with van der Waals surface area (Å²) in [7, 11) is 0. The van der Waals surface area contributed by atoms with Crippen molar-refractivity contribution in [3.8, 4) is 100 Å². The highest BCUT2D eigenvalue weighted by Gasteiger charge is 2.53. The number of thiophene rings is 2. The Bertz CT molecular complexity index is 6620. The smallest absolute Gasteiger partial charge is 0.0979 e. The number of nitrogens with zero attached hydrogens (tertiary/aromatic N) is 2. The lowest BCUT2D eigenvalue weighted by Crippen LogP contribution is -2.25. The first-order valence-corrected chi connectivity index (χ1v) is 36.2. The molecule has 19 aromatic rings. The lowest BCUT2D eigenvalue weighted by molar-refractivity contribution is 0.794. The summed E-state index contributed by atoms with van der Waals surface area (Å²) in [4.78, 5) is 11.5. The molecule has 23 rings (SSSR count). The molecule has 0 aliphatic heterocycles. The molecule has 0 unspecified atom stereocenters. The average Bonchev–Trinajstić information content (AvgIpc) is 1.51. The zero-order chi connectivity index (χ0) is 65.1. The predicted octanol–water partition coefficient (Wildman–Crippen LogP) is 25.7. The molecule has 2 spiro atoms. The van der Waals surface area contributed by atoms with Crippen LogP contribution in [0, 0.1) is 0 Å². The van der Waals surface area contributed by atoms with Gasteiger partial charge >= 0.3 is 0 Å². The van der Waals surface area contributed by atoms with E-state index in [1.807, 2.05) is 28.9 Å². The predicted molar refractivity (Wildman–Crippen MR) is 420 cm³/mol. The van der Waals surface area contributed by atoms with Gasteiger partial charge in [0.15, 0.2) is 0 Å². The number of benzene rings is 16. The second-order valence-corrected chi connectivity index (χ2v) is 29.7. The molecule has 460 valence electrons. The summed E-state index contributed by atoms with van der Waals surface area (Å²) in [5.74, 6) is 0. The van der Waals surface area contributed by atoms with Crippen molar-refractivity contribution >= 4 is 95.6 Å². The molecule has 0 bridgehead atoms. The minimum atomic E-state index is -0.472. The summed E-state index contributed by atoms with van der Waals surface area (Å²) in [6.07, 6.45) is 2.03. The Morgan fingerprint density at radius 3 is 0.970 bits per heavy atom. The van der Waals surface area contributed by atoms with Crippen molar-refractivity contribution in [1.82, 2.24) is 9.97 Å². The van der Waals surface area contributed by atoms with Gasteiger partial charge in [-0.3, -0.25) is 4.98 Å². The van der Waals surface area contributed by atoms with E-state index in [0.717, 1.165) is 66.1 Å². The summed E-state index contributed by atoms with van der Waals surface area (Å²) in [5.41, 5.74) is 33.1. The largest absolute Gasteiger partial charge is 0.252 e. The van der Waals surface area contributed by atoms with Gasteiger partial charge in [0, 0.05) is 56.7 Å². The normalized spacial score (nSPS) is 13.8. The summed E-state index contributed by atoms with van der Waals surface area (Å²) in [5, 5.41) is 9.52. The number of hydrogen-bond donors (Lipinski definition) is 0. The fourth-order valence-corrected chi connectivity index (χ4v) is 21.3. The molecule has 0 N–H and O–H groups in total. The molecule has 4 heteroatoms. The van der Waals surface area contributed by atoms with E-state index in [1.54, 1.807) is 0 Å². The van der Waals surface area contributed by atoms with Crippen LogP contribution in [0.1, 0.15) is 44.5 Å². The van der Waals surface area contributed by atoms with E-state index in [9.17, 15) is 0 Å². The van der Waals surface area contributed by atoms with Gasteiger partial charge in [-0.25, -0.2) is 4.98 Å². The number of rotatable bonds is 5. The Morgan fingerprint density at radius 2 is 0.540 bits per heavy atom. The zero-order valence-corrected chi connectivity index (χ0v) is 55.5. The van der Waals surface area contributed by atoms with E-state index in [-0.39, 0.29) is 0 Å². The third-order valence-corrected chi connectivity index (χ3v) is 25.4. The molecule has 4 aliphatic rings. The van der Waals surface area contributed by atoms with Crippen LogP contribution in [0.5, 0.6) is 0 Å². The van der Waals surface area contributed by atoms with Crippen LogP contribution >= 0.6 is 22.7 Å². The van der Waals surface area contributed by atoms with Gasteiger partial charge in [-0.2, -0.15) is 0 Å². The van der Waals surface area contributed by atoms with Crippen molar-refractivity contribution in [1.29, 1.82) is 0 Å². The maximum absolute atomic E-state index is 5.91. The molecule has 0 fully saturated rings. The van der Waals surface area contributed by atoms with Gasteiger partial charge in [0.2, 0.25) is 0 Å². The molecule has 100 heavy (non-hydrogen) atoms. The molecule has 0 atom stereocenters. The Labute approximate surface area is 584 Å². The quantitative estimate of drug-likeness (QED) is 0.161. The first-order chi connectivity index (χ1) is 49.6. The van der Waals surface area contributed by atoms with Gasteiger partial charge in [0.1, 0.15) is 0 Å². The molecule has 3 aromatic heterocycles. The second kappa shape index (κ2) is 20.2. The number of hydrogen-bond acceptors (Lipinski definition) is 4. The van der Waals surface area contributed by atoms with E-state index in [2.05, 4.69) is 322 Å². The van der Waals surface area contributed by atoms with E-state index < -0.39 is 10.8 Å². The highest BCUT2D eigenvalue weighted by Crippen LogP contribution is 2.65. The van der Waals surface area contributed by atoms with Gasteiger partial charge in [0.25, 0.3) is 0 Å². The fraction of sp³-hybridized carbons (Fsp3) is 0.0208. The van der Waals surface area contributed by atoms with E-state index >= 15 is 0 Å². The van der Waals surface area contributed by atoms with Gasteiger partial charge in [-0.15, -0.1) is 22.7 Å². The van der Waals surface area contributed by atoms with Gasteiger partial charge in [0.05, 0.1) is 33.8 Å². The first-order valence-electron chi connectivity index (χ1n) is 34.6. The van der Waals surface area contributed by atoms with Gasteiger partial charge in [-0.05, 0) is 199 Å². The minimum Gasteiger partial charge on any atom is -0.252 e. The number of fused-ring (bicyclic) bond motifs is 32. The van der Waals surface area contributed by atoms with Crippen LogP contribution < -0.4 is 0 Å². The molecular formula is C96H54N2S2. The molecule has 0 radical (unpaired) electrons. The fourth-order valence-electron chi connectivity index (χ4n) is 18.8. The monoisotopic (exact) mass is 1300 g/mol. The van der Waals surface area contributed by atoms with Crippen molar-refractivity contribution in [2.24, 2.45) is 0 Å². The van der Waals surface area contributed by atoms with Crippen molar-refractivity contribution in [2.45, 2.75) is 10.8 Å². The van der Waals surface area contributed by atoms with Crippen molar-refractivity contribution in [3.05, 3.63) is 372 Å². The third-order valence-electron chi connectivity index (χ3n) is 22.9. The second-order valence-electron chi connectivity index (χ2n) is 27.6. The Hall–Kier alpha value is -12.2. The van der Waals surface area contributed by atoms with Crippen LogP contribution in [0.15, 0.2) is 328 Å². The van der Waals surface area contributed by atoms with Crippen LogP contribution in [0.3, 0.4) is 0 Å². The van der Waals surface area contributed by atoms with E-state index in [0.29, 0.717) is 0 Å². The van der Waals surface area contributed by atoms with Crippen LogP contribution in [-0.4, -0.2) is 9.97 Å². The van der Waals surface area contributed by atoms with Gasteiger partial charge in [-0.1, -0.05) is 267 Å². The maximum atomic E-state index is 5.91. The zero-order valence-electron chi connectivity index (χ0n) is 53.9. The molecular weight excluding hydrogens is 1250 g/mol. The van der Waals surface area contributed by atoms with Crippen LogP contribution in [0.25, 0.3) is 173 Å². The summed E-state index contributed by atoms with van der Waals surface area (Å²) >= 11 is 3.75. The Morgan fingerprint density at radius 1 is 0.210 bits per heavy atom. The van der Waals surface area contributed by atoms with Crippen LogP contribution in [0.2, 0.25) is 0 Å². The minimum absolute atomic E-state index is 0.465. The first kappa shape index (κ1) is 54.9. The maximum Gasteiger partial charge on any atom is 0.0979 e. The SMILES string of the molecule is c1ccc2c(c1)-c1ccccc1C21c2ccccc2-c2ccc(-c3ccc4c(c3)c3cc(-c5ccc6c(c5)C5(c7ccccc7-c7ccccc75)c5ccccc5-6)ccc3c3nc(-c5cc(-c6cccc7c6sc6ccccc67)cc(-c6cccc7c6sc6ccccc67)c5)cnc43)cc21. The average molecular weight is 1300 g/mol. The topological polar surface area (TPSA) is 25.8 Å². The molecule has 0 amide bonds. The molecule has 3 heterocycles. The lowest BCUT2D eigenvalue weighted by atomic mass is 9.70. The highest BCUT2D eigenvalue weighted by molar-refractivity contribution is 7.26.